The molecule has 2 N–H and O–H groups in total. The van der Waals surface area contributed by atoms with Crippen LogP contribution in [0.15, 0.2) is 69.7 Å². The van der Waals surface area contributed by atoms with Crippen LogP contribution in [0.25, 0.3) is 11.4 Å². The molecule has 5 rings (SSSR count). The summed E-state index contributed by atoms with van der Waals surface area (Å²) in [6.07, 6.45) is 1.90. The van der Waals surface area contributed by atoms with Gasteiger partial charge in [-0.2, -0.15) is 4.98 Å². The Labute approximate surface area is 216 Å². The fourth-order valence-corrected chi connectivity index (χ4v) is 4.91. The van der Waals surface area contributed by atoms with Crippen molar-refractivity contribution in [3.63, 3.8) is 0 Å². The van der Waals surface area contributed by atoms with E-state index in [1.54, 1.807) is 6.07 Å². The Balaban J connectivity index is 1.24. The van der Waals surface area contributed by atoms with Gasteiger partial charge in [-0.15, -0.1) is 0 Å². The fourth-order valence-electron chi connectivity index (χ4n) is 4.38. The Hall–Kier alpha value is -3.56. The summed E-state index contributed by atoms with van der Waals surface area (Å²) in [5, 5.41) is 16.3. The van der Waals surface area contributed by atoms with E-state index in [0.29, 0.717) is 34.7 Å². The Kier molecular flexibility index (Phi) is 7.11. The third-order valence-electron chi connectivity index (χ3n) is 6.06. The first-order valence-corrected chi connectivity index (χ1v) is 12.5. The van der Waals surface area contributed by atoms with Gasteiger partial charge in [0.15, 0.2) is 0 Å². The van der Waals surface area contributed by atoms with Crippen molar-refractivity contribution in [3.05, 3.63) is 88.0 Å². The summed E-state index contributed by atoms with van der Waals surface area (Å²) in [7, 11) is 0. The van der Waals surface area contributed by atoms with Crippen LogP contribution < -0.4 is 10.2 Å². The minimum absolute atomic E-state index is 0.130. The molecule has 0 fully saturated rings. The van der Waals surface area contributed by atoms with Gasteiger partial charge in [0.05, 0.1) is 0 Å². The molecule has 4 aromatic rings. The molecule has 0 spiro atoms. The molecule has 1 aliphatic rings. The van der Waals surface area contributed by atoms with Crippen LogP contribution >= 0.6 is 15.9 Å². The number of aliphatic hydroxyl groups is 1. The number of aliphatic hydroxyl groups excluding tert-OH is 1. The van der Waals surface area contributed by atoms with E-state index >= 15 is 0 Å². The van der Waals surface area contributed by atoms with Crippen LogP contribution in [0.4, 0.5) is 21.5 Å². The number of nitrogens with zero attached hydrogens (tertiary/aromatic N) is 3. The number of hydrogen-bond donors (Lipinski definition) is 2. The summed E-state index contributed by atoms with van der Waals surface area (Å²) < 4.78 is 19.1. The molecule has 1 aliphatic heterocycles. The van der Waals surface area contributed by atoms with Crippen LogP contribution in [0, 0.1) is 5.82 Å². The highest BCUT2D eigenvalue weighted by molar-refractivity contribution is 9.10. The number of halogens is 2. The summed E-state index contributed by atoms with van der Waals surface area (Å²) >= 11 is 3.30. The first-order valence-electron chi connectivity index (χ1n) is 11.7. The van der Waals surface area contributed by atoms with Crippen molar-refractivity contribution in [2.75, 3.05) is 23.4 Å². The molecule has 184 valence electrons. The maximum Gasteiger partial charge on any atom is 0.227 e. The minimum Gasteiger partial charge on any atom is -0.396 e. The van der Waals surface area contributed by atoms with E-state index in [2.05, 4.69) is 48.4 Å². The van der Waals surface area contributed by atoms with E-state index in [4.69, 9.17) is 4.52 Å². The Bertz CT molecular complexity index is 1410. The van der Waals surface area contributed by atoms with Crippen LogP contribution in [0.3, 0.4) is 0 Å². The third-order valence-corrected chi connectivity index (χ3v) is 6.72. The van der Waals surface area contributed by atoms with Crippen molar-refractivity contribution in [2.24, 2.45) is 0 Å². The van der Waals surface area contributed by atoms with E-state index in [1.165, 1.54) is 17.7 Å². The number of fused-ring (bicyclic) bond motifs is 2. The number of hydrogen-bond acceptors (Lipinski definition) is 6. The quantitative estimate of drug-likeness (QED) is 0.295. The minimum atomic E-state index is -0.365. The molecule has 0 saturated carbocycles. The van der Waals surface area contributed by atoms with Gasteiger partial charge >= 0.3 is 0 Å². The molecule has 1 aromatic heterocycles. The van der Waals surface area contributed by atoms with Gasteiger partial charge in [0.1, 0.15) is 5.82 Å². The highest BCUT2D eigenvalue weighted by atomic mass is 79.9. The molecule has 2 heterocycles. The van der Waals surface area contributed by atoms with Crippen LogP contribution in [0.1, 0.15) is 29.9 Å². The number of aromatic nitrogens is 2. The lowest BCUT2D eigenvalue weighted by atomic mass is 9.95. The monoisotopic (exact) mass is 550 g/mol. The van der Waals surface area contributed by atoms with Crippen LogP contribution in [0.2, 0.25) is 0 Å². The predicted octanol–water partition coefficient (Wildman–Crippen LogP) is 5.63. The van der Waals surface area contributed by atoms with E-state index in [1.807, 2.05) is 30.3 Å². The maximum atomic E-state index is 13.3. The number of rotatable bonds is 8. The van der Waals surface area contributed by atoms with Crippen molar-refractivity contribution in [1.82, 2.24) is 10.1 Å². The average molecular weight is 551 g/mol. The molecule has 0 radical (unpaired) electrons. The number of aryl methyl sites for hydroxylation is 1. The van der Waals surface area contributed by atoms with E-state index in [0.717, 1.165) is 29.0 Å². The molecule has 3 aromatic carbocycles. The lowest BCUT2D eigenvalue weighted by Crippen LogP contribution is -2.25. The number of nitrogens with one attached hydrogen (secondary N) is 1. The summed E-state index contributed by atoms with van der Waals surface area (Å²) in [6, 6.07) is 18.4. The van der Waals surface area contributed by atoms with Gasteiger partial charge in [0.2, 0.25) is 17.6 Å². The van der Waals surface area contributed by atoms with Gasteiger partial charge in [-0.1, -0.05) is 23.4 Å². The molecule has 36 heavy (non-hydrogen) atoms. The second kappa shape index (κ2) is 10.6. The number of carbonyl (C=O) groups is 1. The van der Waals surface area contributed by atoms with Gasteiger partial charge in [-0.3, -0.25) is 4.79 Å². The molecule has 0 saturated heterocycles. The average Bonchev–Trinajstić information content (AvgIpc) is 3.34. The summed E-state index contributed by atoms with van der Waals surface area (Å²) in [6.45, 7) is 0.845. The van der Waals surface area contributed by atoms with Crippen LogP contribution in [-0.4, -0.2) is 34.3 Å². The molecule has 0 unspecified atom stereocenters. The smallest absolute Gasteiger partial charge is 0.227 e. The Morgan fingerprint density at radius 2 is 1.94 bits per heavy atom. The van der Waals surface area contributed by atoms with Gasteiger partial charge in [-0.25, -0.2) is 4.39 Å². The summed E-state index contributed by atoms with van der Waals surface area (Å²) in [5.74, 6) is 0.136. The first kappa shape index (κ1) is 24.1. The number of anilines is 3. The summed E-state index contributed by atoms with van der Waals surface area (Å²) in [4.78, 5) is 19.2. The SMILES string of the molecule is O=C(CCc1nc(-c2ccc(F)cc2Br)no1)Nc1ccc2c(c1)Cc1ccccc1N2CCCO. The summed E-state index contributed by atoms with van der Waals surface area (Å²) in [5.41, 5.74) is 5.91. The lowest BCUT2D eigenvalue weighted by molar-refractivity contribution is -0.116. The largest absolute Gasteiger partial charge is 0.396 e. The number of carbonyl (C=O) groups excluding carboxylic acids is 1. The van der Waals surface area contributed by atoms with E-state index in [-0.39, 0.29) is 31.2 Å². The maximum absolute atomic E-state index is 13.3. The third kappa shape index (κ3) is 5.17. The number of benzene rings is 3. The van der Waals surface area contributed by atoms with Gasteiger partial charge in [0, 0.05) is 59.5 Å². The van der Waals surface area contributed by atoms with Crippen molar-refractivity contribution in [1.29, 1.82) is 0 Å². The lowest BCUT2D eigenvalue weighted by Gasteiger charge is -2.33. The van der Waals surface area contributed by atoms with E-state index in [9.17, 15) is 14.3 Å². The topological polar surface area (TPSA) is 91.5 Å². The number of amides is 1. The van der Waals surface area contributed by atoms with Gasteiger partial charge in [-0.05, 0) is 75.9 Å². The highest BCUT2D eigenvalue weighted by Crippen LogP contribution is 2.39. The van der Waals surface area contributed by atoms with Crippen LogP contribution in [0.5, 0.6) is 0 Å². The molecule has 1 amide bonds. The van der Waals surface area contributed by atoms with Crippen molar-refractivity contribution < 1.29 is 18.8 Å². The van der Waals surface area contributed by atoms with Crippen molar-refractivity contribution in [2.45, 2.75) is 25.7 Å². The second-order valence-corrected chi connectivity index (χ2v) is 9.42. The normalized spacial score (nSPS) is 12.2. The molecule has 0 atom stereocenters. The van der Waals surface area contributed by atoms with Gasteiger partial charge in [0.25, 0.3) is 0 Å². The molecule has 0 bridgehead atoms. The molecular weight excluding hydrogens is 527 g/mol. The molecule has 0 aliphatic carbocycles. The number of para-hydroxylation sites is 1. The highest BCUT2D eigenvalue weighted by Gasteiger charge is 2.22. The molecule has 9 heteroatoms. The zero-order valence-corrected chi connectivity index (χ0v) is 21.0. The Morgan fingerprint density at radius 1 is 1.11 bits per heavy atom. The van der Waals surface area contributed by atoms with E-state index < -0.39 is 0 Å². The second-order valence-electron chi connectivity index (χ2n) is 8.56. The Morgan fingerprint density at radius 3 is 2.78 bits per heavy atom. The molecular formula is C27H24BrFN4O3. The van der Waals surface area contributed by atoms with Crippen molar-refractivity contribution >= 4 is 38.9 Å². The zero-order chi connectivity index (χ0) is 25.1. The first-order chi connectivity index (χ1) is 17.5. The van der Waals surface area contributed by atoms with Gasteiger partial charge < -0.3 is 19.8 Å². The van der Waals surface area contributed by atoms with Crippen molar-refractivity contribution in [3.8, 4) is 11.4 Å². The predicted molar refractivity (Wildman–Crippen MR) is 139 cm³/mol. The molecule has 7 nitrogen and oxygen atoms in total. The standard InChI is InChI=1S/C27H24BrFN4O3/c28-22-16-19(29)6-8-21(22)27-31-26(36-32-27)11-10-25(35)30-20-7-9-24-18(15-20)14-17-4-1-2-5-23(17)33(24)12-3-13-34/h1-2,4-9,15-16,34H,3,10-14H2,(H,30,35). The fraction of sp³-hybridized carbons (Fsp3) is 0.222. The zero-order valence-electron chi connectivity index (χ0n) is 19.4. The van der Waals surface area contributed by atoms with Crippen LogP contribution in [-0.2, 0) is 17.6 Å².